The molecule has 0 saturated heterocycles. The van der Waals surface area contributed by atoms with Crippen molar-refractivity contribution in [3.63, 3.8) is 0 Å². The Bertz CT molecular complexity index is 1890. The summed E-state index contributed by atoms with van der Waals surface area (Å²) in [5.41, 5.74) is 12.4. The normalized spacial score (nSPS) is 10.8. The number of aromatic nitrogens is 5. The fourth-order valence-corrected chi connectivity index (χ4v) is 4.48. The zero-order chi connectivity index (χ0) is 27.5. The summed E-state index contributed by atoms with van der Waals surface area (Å²) in [6.07, 6.45) is 4.51. The van der Waals surface area contributed by atoms with Crippen molar-refractivity contribution in [2.45, 2.75) is 6.54 Å². The van der Waals surface area contributed by atoms with E-state index in [1.807, 2.05) is 89.5 Å². The topological polar surface area (TPSA) is 135 Å². The van der Waals surface area contributed by atoms with Gasteiger partial charge in [0.15, 0.2) is 11.5 Å². The maximum Gasteiger partial charge on any atom is 0.253 e. The van der Waals surface area contributed by atoms with Crippen molar-refractivity contribution < 1.29 is 4.79 Å². The first-order valence-corrected chi connectivity index (χ1v) is 12.5. The van der Waals surface area contributed by atoms with Crippen LogP contribution in [0.1, 0.15) is 21.5 Å². The maximum atomic E-state index is 12.7. The van der Waals surface area contributed by atoms with Gasteiger partial charge in [0, 0.05) is 36.4 Å². The number of carbonyl (C=O) groups is 1. The third-order valence-corrected chi connectivity index (χ3v) is 6.49. The number of rotatable bonds is 6. The highest BCUT2D eigenvalue weighted by atomic mass is 16.1. The summed E-state index contributed by atoms with van der Waals surface area (Å²) >= 11 is 0. The predicted octanol–water partition coefficient (Wildman–Crippen LogP) is 4.93. The molecule has 0 aliphatic heterocycles. The highest BCUT2D eigenvalue weighted by Crippen LogP contribution is 2.31. The Morgan fingerprint density at radius 2 is 1.75 bits per heavy atom. The van der Waals surface area contributed by atoms with Crippen LogP contribution in [0.25, 0.3) is 39.5 Å². The number of nitrogens with one attached hydrogen (secondary N) is 1. The van der Waals surface area contributed by atoms with Gasteiger partial charge in [0.1, 0.15) is 17.4 Å². The Morgan fingerprint density at radius 3 is 2.52 bits per heavy atom. The molecule has 0 bridgehead atoms. The second-order valence-electron chi connectivity index (χ2n) is 8.99. The third kappa shape index (κ3) is 4.61. The average molecular weight is 523 g/mol. The van der Waals surface area contributed by atoms with E-state index in [2.05, 4.69) is 15.3 Å². The van der Waals surface area contributed by atoms with Crippen molar-refractivity contribution in [2.75, 3.05) is 5.73 Å². The Hall–Kier alpha value is -5.88. The van der Waals surface area contributed by atoms with Crippen LogP contribution in [0.5, 0.6) is 0 Å². The number of anilines is 1. The van der Waals surface area contributed by atoms with Crippen LogP contribution in [0.15, 0.2) is 104 Å². The lowest BCUT2D eigenvalue weighted by molar-refractivity contribution is 0.0950. The highest BCUT2D eigenvalue weighted by molar-refractivity contribution is 5.96. The Labute approximate surface area is 229 Å². The molecule has 9 heteroatoms. The van der Waals surface area contributed by atoms with E-state index < -0.39 is 0 Å². The second-order valence-corrected chi connectivity index (χ2v) is 8.99. The number of pyridine rings is 3. The Kier molecular flexibility index (Phi) is 6.40. The van der Waals surface area contributed by atoms with Gasteiger partial charge in [-0.2, -0.15) is 5.26 Å². The lowest BCUT2D eigenvalue weighted by Gasteiger charge is -2.12. The molecule has 0 aliphatic rings. The van der Waals surface area contributed by atoms with Crippen molar-refractivity contribution >= 4 is 22.9 Å². The van der Waals surface area contributed by atoms with Crippen LogP contribution in [0, 0.1) is 11.3 Å². The maximum absolute atomic E-state index is 12.7. The molecule has 0 fully saturated rings. The summed E-state index contributed by atoms with van der Waals surface area (Å²) in [7, 11) is 0. The molecule has 0 atom stereocenters. The number of fused-ring (bicyclic) bond motifs is 1. The molecule has 40 heavy (non-hydrogen) atoms. The fourth-order valence-electron chi connectivity index (χ4n) is 4.48. The van der Waals surface area contributed by atoms with Gasteiger partial charge in [-0.05, 0) is 48.0 Å². The molecule has 0 spiro atoms. The molecule has 0 aliphatic carbocycles. The number of nitrogen functional groups attached to an aromatic ring is 1. The molecule has 6 aromatic rings. The van der Waals surface area contributed by atoms with E-state index in [9.17, 15) is 10.1 Å². The molecule has 2 aromatic carbocycles. The zero-order valence-electron chi connectivity index (χ0n) is 21.2. The van der Waals surface area contributed by atoms with Crippen molar-refractivity contribution in [1.29, 1.82) is 5.26 Å². The van der Waals surface area contributed by atoms with Crippen molar-refractivity contribution in [2.24, 2.45) is 0 Å². The summed E-state index contributed by atoms with van der Waals surface area (Å²) in [5.74, 6) is 0.659. The standard InChI is InChI=1S/C31H22N8O/c32-17-22-19-34-16-14-24(22)31(40)36-18-20-8-10-23(11-9-20)39-29(25-7-4-15-35-28(25)33)38-27-13-12-26(37-30(27)39)21-5-2-1-3-6-21/h1-16,19H,18H2,(H2,33,35)(H,36,40). The van der Waals surface area contributed by atoms with Gasteiger partial charge >= 0.3 is 0 Å². The number of nitrogens with zero attached hydrogens (tertiary/aromatic N) is 6. The van der Waals surface area contributed by atoms with Crippen molar-refractivity contribution in [3.8, 4) is 34.4 Å². The van der Waals surface area contributed by atoms with Gasteiger partial charge in [0.25, 0.3) is 5.91 Å². The zero-order valence-corrected chi connectivity index (χ0v) is 21.2. The van der Waals surface area contributed by atoms with Gasteiger partial charge in [-0.3, -0.25) is 14.3 Å². The van der Waals surface area contributed by atoms with Crippen LogP contribution in [-0.4, -0.2) is 30.4 Å². The first kappa shape index (κ1) is 24.5. The van der Waals surface area contributed by atoms with E-state index >= 15 is 0 Å². The predicted molar refractivity (Wildman–Crippen MR) is 152 cm³/mol. The molecule has 4 heterocycles. The molecule has 9 nitrogen and oxygen atoms in total. The second kappa shape index (κ2) is 10.5. The first-order valence-electron chi connectivity index (χ1n) is 12.5. The Morgan fingerprint density at radius 1 is 0.925 bits per heavy atom. The van der Waals surface area contributed by atoms with Gasteiger partial charge in [-0.15, -0.1) is 0 Å². The van der Waals surface area contributed by atoms with Crippen LogP contribution in [0.2, 0.25) is 0 Å². The van der Waals surface area contributed by atoms with Gasteiger partial charge in [0.2, 0.25) is 0 Å². The van der Waals surface area contributed by atoms with Crippen molar-refractivity contribution in [3.05, 3.63) is 120 Å². The largest absolute Gasteiger partial charge is 0.383 e. The molecule has 0 radical (unpaired) electrons. The van der Waals surface area contributed by atoms with Crippen LogP contribution in [-0.2, 0) is 6.54 Å². The molecule has 1 amide bonds. The van der Waals surface area contributed by atoms with Crippen molar-refractivity contribution in [1.82, 2.24) is 29.8 Å². The fraction of sp³-hybridized carbons (Fsp3) is 0.0323. The minimum atomic E-state index is -0.337. The van der Waals surface area contributed by atoms with E-state index in [1.54, 1.807) is 6.20 Å². The van der Waals surface area contributed by atoms with E-state index in [1.165, 1.54) is 18.5 Å². The number of hydrogen-bond acceptors (Lipinski definition) is 7. The smallest absolute Gasteiger partial charge is 0.253 e. The lowest BCUT2D eigenvalue weighted by atomic mass is 10.1. The quantitative estimate of drug-likeness (QED) is 0.317. The minimum Gasteiger partial charge on any atom is -0.383 e. The Balaban J connectivity index is 1.37. The van der Waals surface area contributed by atoms with E-state index in [4.69, 9.17) is 15.7 Å². The monoisotopic (exact) mass is 522 g/mol. The molecule has 6 rings (SSSR count). The highest BCUT2D eigenvalue weighted by Gasteiger charge is 2.19. The molecular formula is C31H22N8O. The number of nitrogens with two attached hydrogens (primary N) is 1. The average Bonchev–Trinajstić information content (AvgIpc) is 3.39. The number of nitriles is 1. The number of carbonyl (C=O) groups excluding carboxylic acids is 1. The third-order valence-electron chi connectivity index (χ3n) is 6.49. The summed E-state index contributed by atoms with van der Waals surface area (Å²) in [5, 5.41) is 12.1. The van der Waals surface area contributed by atoms with Gasteiger partial charge < -0.3 is 11.1 Å². The molecule has 3 N–H and O–H groups in total. The molecule has 192 valence electrons. The van der Waals surface area contributed by atoms with Gasteiger partial charge in [-0.1, -0.05) is 42.5 Å². The van der Waals surface area contributed by atoms with Gasteiger partial charge in [-0.25, -0.2) is 15.0 Å². The van der Waals surface area contributed by atoms with Crippen LogP contribution in [0.3, 0.4) is 0 Å². The SMILES string of the molecule is N#Cc1cnccc1C(=O)NCc1ccc(-n2c(-c3cccnc3N)nc3ccc(-c4ccccc4)nc32)cc1. The van der Waals surface area contributed by atoms with Crippen LogP contribution in [0.4, 0.5) is 5.82 Å². The molecule has 0 unspecified atom stereocenters. The summed E-state index contributed by atoms with van der Waals surface area (Å²) in [6.45, 7) is 0.287. The van der Waals surface area contributed by atoms with Crippen LogP contribution < -0.4 is 11.1 Å². The number of benzene rings is 2. The number of amides is 1. The summed E-state index contributed by atoms with van der Waals surface area (Å²) in [6, 6.07) is 28.9. The van der Waals surface area contributed by atoms with E-state index in [-0.39, 0.29) is 23.6 Å². The summed E-state index contributed by atoms with van der Waals surface area (Å²) in [4.78, 5) is 30.7. The number of hydrogen-bond donors (Lipinski definition) is 2. The summed E-state index contributed by atoms with van der Waals surface area (Å²) < 4.78 is 1.97. The van der Waals surface area contributed by atoms with E-state index in [0.717, 1.165) is 28.0 Å². The van der Waals surface area contributed by atoms with Crippen LogP contribution >= 0.6 is 0 Å². The molecule has 0 saturated carbocycles. The lowest BCUT2D eigenvalue weighted by Crippen LogP contribution is -2.23. The first-order chi connectivity index (χ1) is 19.6. The number of imidazole rings is 1. The molecule has 4 aromatic heterocycles. The molecular weight excluding hydrogens is 500 g/mol. The minimum absolute atomic E-state index is 0.229. The van der Waals surface area contributed by atoms with E-state index in [0.29, 0.717) is 22.9 Å². The van der Waals surface area contributed by atoms with Gasteiger partial charge in [0.05, 0.1) is 22.4 Å².